The third-order valence-electron chi connectivity index (χ3n) is 3.42. The zero-order valence-electron chi connectivity index (χ0n) is 13.0. The van der Waals surface area contributed by atoms with Crippen molar-refractivity contribution >= 4 is 35.6 Å². The van der Waals surface area contributed by atoms with Crippen molar-refractivity contribution in [1.82, 2.24) is 0 Å². The molecule has 8 nitrogen and oxygen atoms in total. The minimum Gasteiger partial charge on any atom is -0.462 e. The summed E-state index contributed by atoms with van der Waals surface area (Å²) in [5.74, 6) is -1.94. The second-order valence-electron chi connectivity index (χ2n) is 5.32. The van der Waals surface area contributed by atoms with Gasteiger partial charge in [0.1, 0.15) is 6.61 Å². The van der Waals surface area contributed by atoms with Gasteiger partial charge in [-0.2, -0.15) is 0 Å². The molecule has 2 rings (SSSR count). The SMILES string of the molecule is CC(=O)OC[C@@H](OC(C)=O)[C@@H]1S[C@H]2CC(=O)O[C@H]2[C@H]1OC(C)=O. The summed E-state index contributed by atoms with van der Waals surface area (Å²) in [5.41, 5.74) is 0. The number of thioether (sulfide) groups is 1. The number of hydrogen-bond donors (Lipinski definition) is 0. The number of esters is 4. The Morgan fingerprint density at radius 1 is 1.22 bits per heavy atom. The van der Waals surface area contributed by atoms with E-state index in [4.69, 9.17) is 18.9 Å². The number of fused-ring (bicyclic) bond motifs is 1. The molecule has 128 valence electrons. The van der Waals surface area contributed by atoms with Crippen molar-refractivity contribution in [3.63, 3.8) is 0 Å². The van der Waals surface area contributed by atoms with Crippen LogP contribution < -0.4 is 0 Å². The van der Waals surface area contributed by atoms with Crippen LogP contribution in [0.3, 0.4) is 0 Å². The lowest BCUT2D eigenvalue weighted by Crippen LogP contribution is -2.44. The highest BCUT2D eigenvalue weighted by molar-refractivity contribution is 8.01. The third kappa shape index (κ3) is 4.37. The molecule has 0 unspecified atom stereocenters. The van der Waals surface area contributed by atoms with Gasteiger partial charge in [0.25, 0.3) is 0 Å². The van der Waals surface area contributed by atoms with Gasteiger partial charge in [0.05, 0.1) is 16.9 Å². The highest BCUT2D eigenvalue weighted by Gasteiger charge is 2.56. The lowest BCUT2D eigenvalue weighted by molar-refractivity contribution is -0.166. The molecule has 0 aromatic rings. The number of carbonyl (C=O) groups is 4. The smallest absolute Gasteiger partial charge is 0.307 e. The van der Waals surface area contributed by atoms with Crippen LogP contribution in [0.15, 0.2) is 0 Å². The third-order valence-corrected chi connectivity index (χ3v) is 5.09. The Morgan fingerprint density at radius 2 is 1.91 bits per heavy atom. The second kappa shape index (κ2) is 7.20. The van der Waals surface area contributed by atoms with Gasteiger partial charge in [-0.1, -0.05) is 0 Å². The summed E-state index contributed by atoms with van der Waals surface area (Å²) in [6.07, 6.45) is -1.94. The minimum atomic E-state index is -0.796. The molecular formula is C14H18O8S. The Morgan fingerprint density at radius 3 is 2.48 bits per heavy atom. The molecule has 2 saturated heterocycles. The molecular weight excluding hydrogens is 328 g/mol. The standard InChI is InChI=1S/C14H18O8S/c1-6(15)19-5-9(20-7(2)16)14-13(21-8(3)17)12-10(23-14)4-11(18)22-12/h9-10,12-14H,4-5H2,1-3H3/t9-,10+,12-,13-,14+/m1/s1. The average Bonchev–Trinajstić information content (AvgIpc) is 2.91. The predicted octanol–water partition coefficient (Wildman–Crippen LogP) is 0.212. The molecule has 23 heavy (non-hydrogen) atoms. The van der Waals surface area contributed by atoms with Crippen LogP contribution in [0.1, 0.15) is 27.2 Å². The van der Waals surface area contributed by atoms with Crippen LogP contribution in [0, 0.1) is 0 Å². The van der Waals surface area contributed by atoms with Crippen LogP contribution in [0.4, 0.5) is 0 Å². The van der Waals surface area contributed by atoms with Gasteiger partial charge in [-0.05, 0) is 0 Å². The summed E-state index contributed by atoms with van der Waals surface area (Å²) < 4.78 is 20.7. The molecule has 5 atom stereocenters. The van der Waals surface area contributed by atoms with E-state index in [9.17, 15) is 19.2 Å². The first-order chi connectivity index (χ1) is 10.8. The van der Waals surface area contributed by atoms with Gasteiger partial charge in [0.2, 0.25) is 0 Å². The summed E-state index contributed by atoms with van der Waals surface area (Å²) in [7, 11) is 0. The van der Waals surface area contributed by atoms with Gasteiger partial charge >= 0.3 is 23.9 Å². The Kier molecular flexibility index (Phi) is 5.51. The first kappa shape index (κ1) is 17.6. The van der Waals surface area contributed by atoms with E-state index in [2.05, 4.69) is 0 Å². The molecule has 0 amide bonds. The van der Waals surface area contributed by atoms with E-state index < -0.39 is 41.5 Å². The lowest BCUT2D eigenvalue weighted by atomic mass is 10.0. The van der Waals surface area contributed by atoms with Crippen LogP contribution >= 0.6 is 11.8 Å². The van der Waals surface area contributed by atoms with E-state index in [0.29, 0.717) is 0 Å². The van der Waals surface area contributed by atoms with Crippen LogP contribution in [-0.2, 0) is 38.1 Å². The average molecular weight is 346 g/mol. The quantitative estimate of drug-likeness (QED) is 0.510. The van der Waals surface area contributed by atoms with Crippen molar-refractivity contribution in [1.29, 1.82) is 0 Å². The van der Waals surface area contributed by atoms with Crippen molar-refractivity contribution in [3.8, 4) is 0 Å². The first-order valence-corrected chi connectivity index (χ1v) is 8.05. The predicted molar refractivity (Wildman–Crippen MR) is 77.4 cm³/mol. The Balaban J connectivity index is 2.17. The summed E-state index contributed by atoms with van der Waals surface area (Å²) in [6.45, 7) is 3.57. The Hall–Kier alpha value is -1.77. The van der Waals surface area contributed by atoms with Gasteiger partial charge in [-0.25, -0.2) is 0 Å². The topological polar surface area (TPSA) is 105 Å². The normalized spacial score (nSPS) is 30.1. The minimum absolute atomic E-state index is 0.155. The molecule has 0 aromatic carbocycles. The molecule has 2 aliphatic heterocycles. The molecule has 2 heterocycles. The number of carbonyl (C=O) groups excluding carboxylic acids is 4. The van der Waals surface area contributed by atoms with Crippen LogP contribution in [0.25, 0.3) is 0 Å². The Bertz CT molecular complexity index is 519. The van der Waals surface area contributed by atoms with Crippen LogP contribution in [0.5, 0.6) is 0 Å². The van der Waals surface area contributed by atoms with E-state index in [1.165, 1.54) is 32.5 Å². The van der Waals surface area contributed by atoms with Gasteiger partial charge in [-0.3, -0.25) is 19.2 Å². The first-order valence-electron chi connectivity index (χ1n) is 7.10. The number of rotatable bonds is 5. The van der Waals surface area contributed by atoms with E-state index >= 15 is 0 Å². The number of ether oxygens (including phenoxy) is 4. The lowest BCUT2D eigenvalue weighted by Gasteiger charge is -2.28. The molecule has 0 aliphatic carbocycles. The van der Waals surface area contributed by atoms with Crippen LogP contribution in [0.2, 0.25) is 0 Å². The zero-order chi connectivity index (χ0) is 17.1. The molecule has 0 aromatic heterocycles. The molecule has 2 fully saturated rings. The summed E-state index contributed by atoms with van der Waals surface area (Å²) in [4.78, 5) is 45.1. The Labute approximate surface area is 137 Å². The van der Waals surface area contributed by atoms with E-state index in [0.717, 1.165) is 0 Å². The fraction of sp³-hybridized carbons (Fsp3) is 0.714. The van der Waals surface area contributed by atoms with E-state index in [1.807, 2.05) is 0 Å². The maximum absolute atomic E-state index is 11.4. The van der Waals surface area contributed by atoms with Crippen molar-refractivity contribution in [3.05, 3.63) is 0 Å². The zero-order valence-corrected chi connectivity index (χ0v) is 13.8. The number of hydrogen-bond acceptors (Lipinski definition) is 9. The van der Waals surface area contributed by atoms with Gasteiger partial charge < -0.3 is 18.9 Å². The van der Waals surface area contributed by atoms with Gasteiger partial charge in [0, 0.05) is 20.8 Å². The van der Waals surface area contributed by atoms with Gasteiger partial charge in [0.15, 0.2) is 18.3 Å². The van der Waals surface area contributed by atoms with E-state index in [-0.39, 0.29) is 24.2 Å². The summed E-state index contributed by atoms with van der Waals surface area (Å²) >= 11 is 1.35. The van der Waals surface area contributed by atoms with Crippen molar-refractivity contribution in [2.45, 2.75) is 56.0 Å². The molecule has 9 heteroatoms. The molecule has 0 saturated carbocycles. The fourth-order valence-electron chi connectivity index (χ4n) is 2.66. The fourth-order valence-corrected chi connectivity index (χ4v) is 4.34. The molecule has 0 N–H and O–H groups in total. The molecule has 0 bridgehead atoms. The van der Waals surface area contributed by atoms with E-state index in [1.54, 1.807) is 0 Å². The van der Waals surface area contributed by atoms with Crippen molar-refractivity contribution < 1.29 is 38.1 Å². The van der Waals surface area contributed by atoms with Crippen molar-refractivity contribution in [2.24, 2.45) is 0 Å². The summed E-state index contributed by atoms with van der Waals surface area (Å²) in [6, 6.07) is 0. The highest BCUT2D eigenvalue weighted by Crippen LogP contribution is 2.45. The van der Waals surface area contributed by atoms with Crippen molar-refractivity contribution in [2.75, 3.05) is 6.61 Å². The largest absolute Gasteiger partial charge is 0.462 e. The maximum Gasteiger partial charge on any atom is 0.307 e. The second-order valence-corrected chi connectivity index (χ2v) is 6.74. The van der Waals surface area contributed by atoms with Gasteiger partial charge in [-0.15, -0.1) is 11.8 Å². The maximum atomic E-state index is 11.4. The molecule has 0 radical (unpaired) electrons. The molecule has 2 aliphatic rings. The summed E-state index contributed by atoms with van der Waals surface area (Å²) in [5, 5.41) is -0.669. The molecule has 0 spiro atoms. The monoisotopic (exact) mass is 346 g/mol. The highest BCUT2D eigenvalue weighted by atomic mass is 32.2. The van der Waals surface area contributed by atoms with Crippen LogP contribution in [-0.4, -0.2) is 59.3 Å².